The lowest BCUT2D eigenvalue weighted by Crippen LogP contribution is -2.27. The van der Waals surface area contributed by atoms with Crippen LogP contribution in [0, 0.1) is 13.8 Å². The summed E-state index contributed by atoms with van der Waals surface area (Å²) >= 11 is 0. The van der Waals surface area contributed by atoms with Crippen molar-refractivity contribution in [2.45, 2.75) is 31.3 Å². The van der Waals surface area contributed by atoms with E-state index in [2.05, 4.69) is 4.72 Å². The molecule has 0 aliphatic rings. The first kappa shape index (κ1) is 16.7. The molecule has 2 aromatic rings. The SMILES string of the molecule is Cc1ccc(C)c(S(=O)(=O)NCCC(O)c2cccn2C)c1. The van der Waals surface area contributed by atoms with E-state index in [9.17, 15) is 13.5 Å². The Labute approximate surface area is 131 Å². The molecule has 2 rings (SSSR count). The average Bonchev–Trinajstić information content (AvgIpc) is 2.87. The van der Waals surface area contributed by atoms with Crippen molar-refractivity contribution in [3.8, 4) is 0 Å². The quantitative estimate of drug-likeness (QED) is 0.855. The predicted octanol–water partition coefficient (Wildman–Crippen LogP) is 2.04. The summed E-state index contributed by atoms with van der Waals surface area (Å²) in [7, 11) is -1.71. The number of hydrogen-bond acceptors (Lipinski definition) is 3. The van der Waals surface area contributed by atoms with Crippen LogP contribution in [0.25, 0.3) is 0 Å². The molecular weight excluding hydrogens is 300 g/mol. The Morgan fingerprint density at radius 2 is 2.00 bits per heavy atom. The van der Waals surface area contributed by atoms with Crippen LogP contribution in [0.3, 0.4) is 0 Å². The summed E-state index contributed by atoms with van der Waals surface area (Å²) in [5.41, 5.74) is 2.38. The molecule has 1 unspecified atom stereocenters. The van der Waals surface area contributed by atoms with Gasteiger partial charge in [0, 0.05) is 25.5 Å². The molecule has 22 heavy (non-hydrogen) atoms. The number of aryl methyl sites for hydroxylation is 3. The maximum absolute atomic E-state index is 12.3. The normalized spacial score (nSPS) is 13.3. The second kappa shape index (κ2) is 6.64. The van der Waals surface area contributed by atoms with E-state index in [0.29, 0.717) is 16.9 Å². The van der Waals surface area contributed by atoms with Gasteiger partial charge in [-0.1, -0.05) is 12.1 Å². The lowest BCUT2D eigenvalue weighted by atomic mass is 10.2. The van der Waals surface area contributed by atoms with Gasteiger partial charge in [-0.15, -0.1) is 0 Å². The van der Waals surface area contributed by atoms with E-state index < -0.39 is 16.1 Å². The fraction of sp³-hybridized carbons (Fsp3) is 0.375. The number of aromatic nitrogens is 1. The van der Waals surface area contributed by atoms with Gasteiger partial charge in [0.2, 0.25) is 10.0 Å². The van der Waals surface area contributed by atoms with E-state index in [1.54, 1.807) is 19.1 Å². The van der Waals surface area contributed by atoms with Crippen LogP contribution in [0.4, 0.5) is 0 Å². The highest BCUT2D eigenvalue weighted by molar-refractivity contribution is 7.89. The van der Waals surface area contributed by atoms with E-state index in [0.717, 1.165) is 11.3 Å². The summed E-state index contributed by atoms with van der Waals surface area (Å²) in [4.78, 5) is 0.292. The van der Waals surface area contributed by atoms with Crippen molar-refractivity contribution in [2.75, 3.05) is 6.54 Å². The molecular formula is C16H22N2O3S. The number of hydrogen-bond donors (Lipinski definition) is 2. The Morgan fingerprint density at radius 3 is 2.64 bits per heavy atom. The van der Waals surface area contributed by atoms with Crippen LogP contribution in [0.1, 0.15) is 29.3 Å². The zero-order chi connectivity index (χ0) is 16.3. The van der Waals surface area contributed by atoms with Gasteiger partial charge in [-0.25, -0.2) is 13.1 Å². The molecule has 0 spiro atoms. The van der Waals surface area contributed by atoms with Crippen molar-refractivity contribution in [3.63, 3.8) is 0 Å². The van der Waals surface area contributed by atoms with Gasteiger partial charge in [-0.2, -0.15) is 0 Å². The molecule has 0 saturated carbocycles. The van der Waals surface area contributed by atoms with Crippen LogP contribution in [0.5, 0.6) is 0 Å². The topological polar surface area (TPSA) is 71.3 Å². The van der Waals surface area contributed by atoms with E-state index >= 15 is 0 Å². The molecule has 0 bridgehead atoms. The summed E-state index contributed by atoms with van der Waals surface area (Å²) in [6.07, 6.45) is 1.47. The standard InChI is InChI=1S/C16H22N2O3S/c1-12-6-7-13(2)16(11-12)22(20,21)17-9-8-15(19)14-5-4-10-18(14)3/h4-7,10-11,15,17,19H,8-9H2,1-3H3. The van der Waals surface area contributed by atoms with Gasteiger partial charge in [-0.05, 0) is 49.6 Å². The molecule has 0 fully saturated rings. The van der Waals surface area contributed by atoms with Gasteiger partial charge in [0.15, 0.2) is 0 Å². The molecule has 1 aromatic carbocycles. The Kier molecular flexibility index (Phi) is 5.05. The minimum absolute atomic E-state index is 0.183. The Morgan fingerprint density at radius 1 is 1.27 bits per heavy atom. The summed E-state index contributed by atoms with van der Waals surface area (Å²) in [6, 6.07) is 9.00. The van der Waals surface area contributed by atoms with Crippen molar-refractivity contribution >= 4 is 10.0 Å². The van der Waals surface area contributed by atoms with Gasteiger partial charge < -0.3 is 9.67 Å². The molecule has 120 valence electrons. The minimum atomic E-state index is -3.56. The monoisotopic (exact) mass is 322 g/mol. The molecule has 6 heteroatoms. The molecule has 1 heterocycles. The summed E-state index contributed by atoms with van der Waals surface area (Å²) in [5, 5.41) is 10.1. The number of rotatable bonds is 6. The first-order valence-electron chi connectivity index (χ1n) is 7.17. The number of benzene rings is 1. The van der Waals surface area contributed by atoms with Crippen LogP contribution < -0.4 is 4.72 Å². The first-order valence-corrected chi connectivity index (χ1v) is 8.66. The number of aliphatic hydroxyl groups is 1. The van der Waals surface area contributed by atoms with Gasteiger partial charge in [0.25, 0.3) is 0 Å². The van der Waals surface area contributed by atoms with E-state index in [4.69, 9.17) is 0 Å². The summed E-state index contributed by atoms with van der Waals surface area (Å²) < 4.78 is 29.1. The van der Waals surface area contributed by atoms with Crippen molar-refractivity contribution in [1.29, 1.82) is 0 Å². The van der Waals surface area contributed by atoms with Gasteiger partial charge >= 0.3 is 0 Å². The molecule has 0 aliphatic heterocycles. The molecule has 0 radical (unpaired) electrons. The van der Waals surface area contributed by atoms with Gasteiger partial charge in [0.1, 0.15) is 0 Å². The smallest absolute Gasteiger partial charge is 0.240 e. The molecule has 0 amide bonds. The third-order valence-corrected chi connectivity index (χ3v) is 5.27. The molecule has 5 nitrogen and oxygen atoms in total. The number of nitrogens with one attached hydrogen (secondary N) is 1. The summed E-state index contributed by atoms with van der Waals surface area (Å²) in [5.74, 6) is 0. The lowest BCUT2D eigenvalue weighted by molar-refractivity contribution is 0.161. The molecule has 0 aliphatic carbocycles. The fourth-order valence-electron chi connectivity index (χ4n) is 2.37. The lowest BCUT2D eigenvalue weighted by Gasteiger charge is -2.14. The number of nitrogens with zero attached hydrogens (tertiary/aromatic N) is 1. The second-order valence-corrected chi connectivity index (χ2v) is 7.25. The van der Waals surface area contributed by atoms with Crippen molar-refractivity contribution in [3.05, 3.63) is 53.3 Å². The molecule has 0 saturated heterocycles. The van der Waals surface area contributed by atoms with Crippen molar-refractivity contribution in [1.82, 2.24) is 9.29 Å². The molecule has 1 atom stereocenters. The van der Waals surface area contributed by atoms with E-state index in [-0.39, 0.29) is 6.54 Å². The maximum Gasteiger partial charge on any atom is 0.240 e. The Balaban J connectivity index is 2.01. The maximum atomic E-state index is 12.3. The first-order chi connectivity index (χ1) is 10.3. The van der Waals surface area contributed by atoms with Crippen LogP contribution in [0.15, 0.2) is 41.4 Å². The van der Waals surface area contributed by atoms with Gasteiger partial charge in [-0.3, -0.25) is 0 Å². The van der Waals surface area contributed by atoms with Crippen LogP contribution in [-0.2, 0) is 17.1 Å². The van der Waals surface area contributed by atoms with Crippen LogP contribution in [-0.4, -0.2) is 24.6 Å². The van der Waals surface area contributed by atoms with Crippen LogP contribution >= 0.6 is 0 Å². The zero-order valence-corrected chi connectivity index (χ0v) is 13.9. The largest absolute Gasteiger partial charge is 0.387 e. The van der Waals surface area contributed by atoms with E-state index in [1.807, 2.05) is 42.9 Å². The highest BCUT2D eigenvalue weighted by Gasteiger charge is 2.18. The second-order valence-electron chi connectivity index (χ2n) is 5.52. The minimum Gasteiger partial charge on any atom is -0.387 e. The Hall–Kier alpha value is -1.63. The highest BCUT2D eigenvalue weighted by atomic mass is 32.2. The molecule has 2 N–H and O–H groups in total. The van der Waals surface area contributed by atoms with Crippen molar-refractivity contribution < 1.29 is 13.5 Å². The van der Waals surface area contributed by atoms with Gasteiger partial charge in [0.05, 0.1) is 11.0 Å². The molecule has 1 aromatic heterocycles. The van der Waals surface area contributed by atoms with Crippen molar-refractivity contribution in [2.24, 2.45) is 7.05 Å². The average molecular weight is 322 g/mol. The third-order valence-electron chi connectivity index (χ3n) is 3.67. The van der Waals surface area contributed by atoms with Crippen LogP contribution in [0.2, 0.25) is 0 Å². The van der Waals surface area contributed by atoms with E-state index in [1.165, 1.54) is 0 Å². The fourth-order valence-corrected chi connectivity index (χ4v) is 3.75. The number of sulfonamides is 1. The highest BCUT2D eigenvalue weighted by Crippen LogP contribution is 2.18. The number of aliphatic hydroxyl groups excluding tert-OH is 1. The third kappa shape index (κ3) is 3.76. The Bertz CT molecular complexity index is 751. The predicted molar refractivity (Wildman–Crippen MR) is 86.1 cm³/mol. The summed E-state index contributed by atoms with van der Waals surface area (Å²) in [6.45, 7) is 3.81. The zero-order valence-electron chi connectivity index (χ0n) is 13.1.